The van der Waals surface area contributed by atoms with Crippen LogP contribution in [0.5, 0.6) is 0 Å². The summed E-state index contributed by atoms with van der Waals surface area (Å²) in [5, 5.41) is 0. The minimum absolute atomic E-state index is 0.330. The van der Waals surface area contributed by atoms with Crippen LogP contribution in [0.25, 0.3) is 0 Å². The van der Waals surface area contributed by atoms with E-state index in [1.165, 1.54) is 27.7 Å². The van der Waals surface area contributed by atoms with Crippen molar-refractivity contribution in [3.8, 4) is 0 Å². The van der Waals surface area contributed by atoms with Gasteiger partial charge in [-0.25, -0.2) is 54.8 Å². The summed E-state index contributed by atoms with van der Waals surface area (Å²) in [6.45, 7) is -25.4. The van der Waals surface area contributed by atoms with E-state index in [1.807, 2.05) is 0 Å². The normalized spacial score (nSPS) is 20.6. The van der Waals surface area contributed by atoms with Gasteiger partial charge >= 0.3 is 93.9 Å². The summed E-state index contributed by atoms with van der Waals surface area (Å²) < 4.78 is 319. The average molecular weight is 2030 g/mol. The van der Waals surface area contributed by atoms with Gasteiger partial charge in [0.15, 0.2) is 0 Å². The zero-order valence-electron chi connectivity index (χ0n) is 63.0. The largest absolute Gasteiger partial charge is 0.472 e. The first-order valence-corrected chi connectivity index (χ1v) is 52.0. The van der Waals surface area contributed by atoms with E-state index in [9.17, 15) is 126 Å². The van der Waals surface area contributed by atoms with Crippen molar-refractivity contribution in [2.24, 2.45) is 99.5 Å². The summed E-state index contributed by atoms with van der Waals surface area (Å²) in [5.74, 6) is -13.7. The summed E-state index contributed by atoms with van der Waals surface area (Å²) in [4.78, 5) is 138. The Balaban J connectivity index is 5.20. The molecule has 31 N–H and O–H groups in total. The molecule has 0 amide bonds. The Morgan fingerprint density at radius 2 is 0.258 bits per heavy atom. The van der Waals surface area contributed by atoms with Gasteiger partial charge in [-0.2, -0.15) is 27.7 Å². The first-order chi connectivity index (χ1) is 55.5. The predicted octanol–water partition coefficient (Wildman–Crippen LogP) is -1.56. The maximum Gasteiger partial charge on any atom is 0.472 e. The lowest BCUT2D eigenvalue weighted by Gasteiger charge is -2.23. The van der Waals surface area contributed by atoms with E-state index in [0.29, 0.717) is 0 Å². The molecule has 0 radical (unpaired) electrons. The summed E-state index contributed by atoms with van der Waals surface area (Å²) in [6.07, 6.45) is 0. The number of nitrogens with one attached hydrogen (secondary N) is 5. The van der Waals surface area contributed by atoms with Crippen molar-refractivity contribution in [3.05, 3.63) is 0 Å². The van der Waals surface area contributed by atoms with Crippen LogP contribution in [-0.2, 0) is 154 Å². The van der Waals surface area contributed by atoms with Crippen molar-refractivity contribution >= 4 is 93.9 Å². The van der Waals surface area contributed by atoms with E-state index >= 15 is 0 Å². The van der Waals surface area contributed by atoms with E-state index in [2.05, 4.69) is 9.05 Å². The SMILES string of the molecule is NCC(COP(=O)(O)O)COP(=O)(O)OCC(CNF)COP(=O)(O)OCC(CN)COP(=O)(O)OCC(CNF)COP(=O)(O)OCC(CN)COP(=O)(O)OCC(CNF)COP(=O)(O)OCC(CN)COP(=O)(O)OCC(CNF)COP(=O)(O)OCC(CN)COP(=O)(O)OCC(CNF)COP(=O)(O)OCC(CN)COP(=O)(O)O. The van der Waals surface area contributed by atoms with Crippen molar-refractivity contribution in [1.29, 1.82) is 0 Å². The van der Waals surface area contributed by atoms with Gasteiger partial charge < -0.3 is 103 Å². The lowest BCUT2D eigenvalue weighted by Crippen LogP contribution is -2.28. The highest BCUT2D eigenvalue weighted by Gasteiger charge is 2.38. The molecule has 722 valence electrons. The number of hydrogen-bond acceptors (Lipinski definition) is 45. The molecule has 20 atom stereocenters. The zero-order chi connectivity index (χ0) is 91.8. The van der Waals surface area contributed by atoms with Crippen LogP contribution in [0.2, 0.25) is 0 Å². The van der Waals surface area contributed by atoms with Gasteiger partial charge in [-0.3, -0.25) is 99.5 Å². The molecule has 0 aromatic rings. The maximum absolute atomic E-state index is 13.3. The monoisotopic (exact) mass is 2030 g/mol. The van der Waals surface area contributed by atoms with Crippen LogP contribution in [0.3, 0.4) is 0 Å². The third kappa shape index (κ3) is 64.3. The molecule has 0 saturated carbocycles. The Bertz CT molecular complexity index is 3230. The molecular formula is C44H108F5N11O48P12. The molecule has 0 aliphatic rings. The van der Waals surface area contributed by atoms with Crippen LogP contribution in [0.4, 0.5) is 22.4 Å². The van der Waals surface area contributed by atoms with Crippen LogP contribution in [0, 0.1) is 65.1 Å². The van der Waals surface area contributed by atoms with Gasteiger partial charge in [-0.05, 0) is 39.3 Å². The number of rotatable bonds is 82. The van der Waals surface area contributed by atoms with Crippen LogP contribution in [-0.4, -0.2) is 286 Å². The average Bonchev–Trinajstić information content (AvgIpc) is 0.863. The molecule has 20 unspecified atom stereocenters. The van der Waals surface area contributed by atoms with Gasteiger partial charge in [-0.1, -0.05) is 0 Å². The van der Waals surface area contributed by atoms with E-state index in [4.69, 9.17) is 144 Å². The third-order valence-electron chi connectivity index (χ3n) is 14.3. The summed E-state index contributed by atoms with van der Waals surface area (Å²) >= 11 is 0. The van der Waals surface area contributed by atoms with Crippen molar-refractivity contribution < 1.29 is 245 Å². The van der Waals surface area contributed by atoms with Gasteiger partial charge in [0.1, 0.15) is 0 Å². The van der Waals surface area contributed by atoms with Crippen molar-refractivity contribution in [2.75, 3.05) is 217 Å². The van der Waals surface area contributed by atoms with Gasteiger partial charge in [0.25, 0.3) is 0 Å². The molecule has 59 nitrogen and oxygen atoms in total. The predicted molar refractivity (Wildman–Crippen MR) is 392 cm³/mol. The Morgan fingerprint density at radius 1 is 0.175 bits per heavy atom. The highest BCUT2D eigenvalue weighted by molar-refractivity contribution is 7.50. The molecule has 0 aromatic carbocycles. The minimum Gasteiger partial charge on any atom is -0.330 e. The number of nitrogens with two attached hydrogens (primary N) is 6. The molecule has 120 heavy (non-hydrogen) atoms. The molecule has 0 spiro atoms. The summed E-state index contributed by atoms with van der Waals surface area (Å²) in [5.41, 5.74) is 39.2. The fourth-order valence-corrected chi connectivity index (χ4v) is 16.8. The third-order valence-corrected chi connectivity index (χ3v) is 24.7. The van der Waals surface area contributed by atoms with Gasteiger partial charge in [0.2, 0.25) is 0 Å². The molecule has 0 heterocycles. The highest BCUT2D eigenvalue weighted by atomic mass is 31.2. The molecule has 0 aliphatic carbocycles. The second-order valence-electron chi connectivity index (χ2n) is 24.8. The van der Waals surface area contributed by atoms with Crippen LogP contribution >= 0.6 is 93.9 Å². The second-order valence-corrected chi connectivity index (χ2v) is 41.8. The first kappa shape index (κ1) is 121. The van der Waals surface area contributed by atoms with Crippen molar-refractivity contribution in [3.63, 3.8) is 0 Å². The Hall–Kier alpha value is 0.530. The number of hydrogen-bond donors (Lipinski definition) is 25. The van der Waals surface area contributed by atoms with Crippen LogP contribution < -0.4 is 62.1 Å². The lowest BCUT2D eigenvalue weighted by atomic mass is 10.2. The topological polar surface area (TPSA) is 907 Å². The molecule has 0 aromatic heterocycles. The molecule has 0 bridgehead atoms. The van der Waals surface area contributed by atoms with Crippen LogP contribution in [0.15, 0.2) is 0 Å². The quantitative estimate of drug-likeness (QED) is 0.0186. The fraction of sp³-hybridized carbons (Fsp3) is 1.00. The second kappa shape index (κ2) is 61.3. The molecule has 0 aliphatic heterocycles. The van der Waals surface area contributed by atoms with Crippen molar-refractivity contribution in [2.45, 2.75) is 0 Å². The number of phosphoric ester groups is 12. The molecule has 0 rings (SSSR count). The number of phosphoric acid groups is 12. The van der Waals surface area contributed by atoms with E-state index in [-0.39, 0.29) is 13.1 Å². The maximum atomic E-state index is 13.3. The van der Waals surface area contributed by atoms with E-state index in [1.54, 1.807) is 0 Å². The van der Waals surface area contributed by atoms with Gasteiger partial charge in [-0.15, -0.1) is 22.4 Å². The molecule has 0 fully saturated rings. The Labute approximate surface area is 681 Å². The smallest absolute Gasteiger partial charge is 0.330 e. The minimum atomic E-state index is -5.20. The fourth-order valence-electron chi connectivity index (χ4n) is 7.25. The summed E-state index contributed by atoms with van der Waals surface area (Å²) in [7, 11) is -61.1. The molecular weight excluding hydrogens is 1920 g/mol. The van der Waals surface area contributed by atoms with Gasteiger partial charge in [0.05, 0.1) is 145 Å². The van der Waals surface area contributed by atoms with Gasteiger partial charge in [0, 0.05) is 97.8 Å². The lowest BCUT2D eigenvalue weighted by molar-refractivity contribution is 0.0606. The van der Waals surface area contributed by atoms with Crippen molar-refractivity contribution in [1.82, 2.24) is 27.7 Å². The first-order valence-electron chi connectivity index (χ1n) is 34.0. The van der Waals surface area contributed by atoms with E-state index < -0.39 is 363 Å². The summed E-state index contributed by atoms with van der Waals surface area (Å²) in [6, 6.07) is 0. The Kier molecular flexibility index (Phi) is 61.6. The van der Waals surface area contributed by atoms with E-state index in [0.717, 1.165) is 0 Å². The zero-order valence-corrected chi connectivity index (χ0v) is 73.8. The molecule has 0 saturated heterocycles. The highest BCUT2D eigenvalue weighted by Crippen LogP contribution is 2.53. The Morgan fingerprint density at radius 3 is 0.333 bits per heavy atom. The van der Waals surface area contributed by atoms with Crippen LogP contribution in [0.1, 0.15) is 0 Å². The standard InChI is InChI=1S/C44H108F5N11O48P12/c45-56-7-40(24-99-111(67,68)89-14-34(1-50)12-87-109(61,62)63)26-101-113(71,72)91-16-36(3-52)18-93-115(75,76)103-28-42(9-58-47)30-105-117(79,80)95-20-38(5-54)22-97-119(83,84)107-32-44(11-60-49)33-108-120(85,86)98-23-39(6-55)21-96-118(81,82)106-31-43(10-59-48)29-104-116(77,78)94-19-37(4-53)17-92-114(73,74)102-27-41(8-57-46)25-100-112(69,70)90-15-35(2-51)13-88-110(64,65)66/h34-44,56-60H,1-33,50-55H2,(H,67,68)(H,69,70)(H,71,72)(H,73,74)(H,75,76)(H,77,78)(H,79,80)(H,81,82)(H,83,84)(H,85,86)(H2,61,62,63)(H2,64,65,66). The molecule has 76 heteroatoms. The number of halogens is 5.